The van der Waals surface area contributed by atoms with Gasteiger partial charge in [-0.3, -0.25) is 4.99 Å². The van der Waals surface area contributed by atoms with Gasteiger partial charge in [0.15, 0.2) is 0 Å². The Morgan fingerprint density at radius 1 is 1.31 bits per heavy atom. The lowest BCUT2D eigenvalue weighted by atomic mass is 10.2. The highest BCUT2D eigenvalue weighted by Crippen LogP contribution is 2.08. The van der Waals surface area contributed by atoms with Crippen LogP contribution in [-0.2, 0) is 0 Å². The van der Waals surface area contributed by atoms with Crippen LogP contribution in [0.2, 0.25) is 0 Å². The maximum Gasteiger partial charge on any atom is 0.119 e. The van der Waals surface area contributed by atoms with Crippen LogP contribution >= 0.6 is 0 Å². The van der Waals surface area contributed by atoms with E-state index >= 15 is 0 Å². The van der Waals surface area contributed by atoms with E-state index in [1.165, 1.54) is 0 Å². The quantitative estimate of drug-likeness (QED) is 0.455. The first-order chi connectivity index (χ1) is 7.70. The van der Waals surface area contributed by atoms with Crippen LogP contribution in [0.5, 0.6) is 5.75 Å². The third kappa shape index (κ3) is 4.82. The SMILES string of the molecule is CC(C)C(N)=NCCCOc1ccccc1. The lowest BCUT2D eigenvalue weighted by Crippen LogP contribution is -2.19. The van der Waals surface area contributed by atoms with Gasteiger partial charge >= 0.3 is 0 Å². The molecule has 0 unspecified atom stereocenters. The van der Waals surface area contributed by atoms with E-state index in [0.29, 0.717) is 12.5 Å². The molecule has 0 spiro atoms. The van der Waals surface area contributed by atoms with E-state index in [4.69, 9.17) is 10.5 Å². The van der Waals surface area contributed by atoms with E-state index < -0.39 is 0 Å². The number of para-hydroxylation sites is 1. The highest BCUT2D eigenvalue weighted by Gasteiger charge is 1.97. The maximum atomic E-state index is 5.72. The number of nitrogens with zero attached hydrogens (tertiary/aromatic N) is 1. The Morgan fingerprint density at radius 3 is 2.62 bits per heavy atom. The van der Waals surface area contributed by atoms with Crippen molar-refractivity contribution in [1.29, 1.82) is 0 Å². The molecule has 0 aromatic heterocycles. The van der Waals surface area contributed by atoms with Gasteiger partial charge in [-0.2, -0.15) is 0 Å². The van der Waals surface area contributed by atoms with Crippen molar-refractivity contribution in [3.63, 3.8) is 0 Å². The summed E-state index contributed by atoms with van der Waals surface area (Å²) in [5, 5.41) is 0. The number of aliphatic imine (C=N–C) groups is 1. The van der Waals surface area contributed by atoms with Gasteiger partial charge in [-0.1, -0.05) is 32.0 Å². The molecule has 0 radical (unpaired) electrons. The van der Waals surface area contributed by atoms with E-state index in [-0.39, 0.29) is 0 Å². The number of rotatable bonds is 6. The Kier molecular flexibility index (Phi) is 5.40. The fourth-order valence-electron chi connectivity index (χ4n) is 1.16. The van der Waals surface area contributed by atoms with Crippen molar-refractivity contribution in [3.05, 3.63) is 30.3 Å². The molecule has 0 amide bonds. The Labute approximate surface area is 97.3 Å². The molecule has 0 heterocycles. The Hall–Kier alpha value is -1.51. The van der Waals surface area contributed by atoms with Crippen molar-refractivity contribution >= 4 is 5.84 Å². The summed E-state index contributed by atoms with van der Waals surface area (Å²) in [6, 6.07) is 9.80. The molecule has 3 heteroatoms. The van der Waals surface area contributed by atoms with Crippen LogP contribution in [0.4, 0.5) is 0 Å². The molecule has 1 rings (SSSR count). The summed E-state index contributed by atoms with van der Waals surface area (Å²) in [6.07, 6.45) is 0.891. The van der Waals surface area contributed by atoms with Gasteiger partial charge in [-0.15, -0.1) is 0 Å². The van der Waals surface area contributed by atoms with Gasteiger partial charge in [0.05, 0.1) is 12.4 Å². The third-order valence-corrected chi connectivity index (χ3v) is 2.20. The fourth-order valence-corrected chi connectivity index (χ4v) is 1.16. The number of amidine groups is 1. The van der Waals surface area contributed by atoms with E-state index in [1.54, 1.807) is 0 Å². The summed E-state index contributed by atoms with van der Waals surface area (Å²) in [4.78, 5) is 4.27. The van der Waals surface area contributed by atoms with Crippen LogP contribution in [0.15, 0.2) is 35.3 Å². The molecular weight excluding hydrogens is 200 g/mol. The largest absolute Gasteiger partial charge is 0.494 e. The Bertz CT molecular complexity index is 320. The van der Waals surface area contributed by atoms with Crippen molar-refractivity contribution in [2.45, 2.75) is 20.3 Å². The van der Waals surface area contributed by atoms with Gasteiger partial charge in [0.2, 0.25) is 0 Å². The fraction of sp³-hybridized carbons (Fsp3) is 0.462. The molecule has 0 fully saturated rings. The van der Waals surface area contributed by atoms with Gasteiger partial charge in [-0.25, -0.2) is 0 Å². The number of hydrogen-bond donors (Lipinski definition) is 1. The number of hydrogen-bond acceptors (Lipinski definition) is 2. The zero-order valence-corrected chi connectivity index (χ0v) is 10.0. The molecule has 0 saturated carbocycles. The third-order valence-electron chi connectivity index (χ3n) is 2.20. The first-order valence-electron chi connectivity index (χ1n) is 5.68. The number of benzene rings is 1. The summed E-state index contributed by atoms with van der Waals surface area (Å²) in [6.45, 7) is 5.49. The average Bonchev–Trinajstić information content (AvgIpc) is 2.29. The van der Waals surface area contributed by atoms with Crippen molar-refractivity contribution in [2.75, 3.05) is 13.2 Å². The minimum Gasteiger partial charge on any atom is -0.494 e. The molecule has 0 aliphatic rings. The highest BCUT2D eigenvalue weighted by atomic mass is 16.5. The average molecular weight is 220 g/mol. The van der Waals surface area contributed by atoms with E-state index in [2.05, 4.69) is 4.99 Å². The van der Waals surface area contributed by atoms with Crippen molar-refractivity contribution < 1.29 is 4.74 Å². The highest BCUT2D eigenvalue weighted by molar-refractivity contribution is 5.82. The Balaban J connectivity index is 2.16. The van der Waals surface area contributed by atoms with Crippen LogP contribution in [-0.4, -0.2) is 19.0 Å². The van der Waals surface area contributed by atoms with Crippen LogP contribution in [0, 0.1) is 5.92 Å². The van der Waals surface area contributed by atoms with Gasteiger partial charge < -0.3 is 10.5 Å². The van der Waals surface area contributed by atoms with Gasteiger partial charge in [0.25, 0.3) is 0 Å². The van der Waals surface area contributed by atoms with Gasteiger partial charge in [0.1, 0.15) is 5.75 Å². The summed E-state index contributed by atoms with van der Waals surface area (Å²) < 4.78 is 5.54. The maximum absolute atomic E-state index is 5.72. The molecule has 0 aliphatic carbocycles. The molecular formula is C13H20N2O. The predicted octanol–water partition coefficient (Wildman–Crippen LogP) is 2.47. The summed E-state index contributed by atoms with van der Waals surface area (Å²) in [5.41, 5.74) is 5.72. The van der Waals surface area contributed by atoms with Crippen LogP contribution in [0.3, 0.4) is 0 Å². The lowest BCUT2D eigenvalue weighted by Gasteiger charge is -2.05. The topological polar surface area (TPSA) is 47.6 Å². The second kappa shape index (κ2) is 6.88. The molecule has 0 saturated heterocycles. The van der Waals surface area contributed by atoms with E-state index in [0.717, 1.165) is 24.6 Å². The molecule has 0 bridgehead atoms. The molecule has 0 atom stereocenters. The van der Waals surface area contributed by atoms with Crippen molar-refractivity contribution in [1.82, 2.24) is 0 Å². The lowest BCUT2D eigenvalue weighted by molar-refractivity contribution is 0.313. The number of nitrogens with two attached hydrogens (primary N) is 1. The van der Waals surface area contributed by atoms with Crippen molar-refractivity contribution in [2.24, 2.45) is 16.6 Å². The van der Waals surface area contributed by atoms with Crippen molar-refractivity contribution in [3.8, 4) is 5.75 Å². The first kappa shape index (κ1) is 12.6. The van der Waals surface area contributed by atoms with Gasteiger partial charge in [0, 0.05) is 18.9 Å². The standard InChI is InChI=1S/C13H20N2O/c1-11(2)13(14)15-9-6-10-16-12-7-4-3-5-8-12/h3-5,7-8,11H,6,9-10H2,1-2H3,(H2,14,15). The zero-order valence-electron chi connectivity index (χ0n) is 10.0. The first-order valence-corrected chi connectivity index (χ1v) is 5.68. The normalized spacial score (nSPS) is 11.8. The second-order valence-corrected chi connectivity index (χ2v) is 3.98. The van der Waals surface area contributed by atoms with E-state index in [9.17, 15) is 0 Å². The molecule has 2 N–H and O–H groups in total. The molecule has 1 aromatic carbocycles. The summed E-state index contributed by atoms with van der Waals surface area (Å²) in [5.74, 6) is 1.96. The molecule has 88 valence electrons. The molecule has 16 heavy (non-hydrogen) atoms. The molecule has 3 nitrogen and oxygen atoms in total. The van der Waals surface area contributed by atoms with Crippen LogP contribution in [0.1, 0.15) is 20.3 Å². The van der Waals surface area contributed by atoms with Crippen LogP contribution in [0.25, 0.3) is 0 Å². The smallest absolute Gasteiger partial charge is 0.119 e. The summed E-state index contributed by atoms with van der Waals surface area (Å²) in [7, 11) is 0. The zero-order chi connectivity index (χ0) is 11.8. The van der Waals surface area contributed by atoms with E-state index in [1.807, 2.05) is 44.2 Å². The second-order valence-electron chi connectivity index (χ2n) is 3.98. The predicted molar refractivity (Wildman–Crippen MR) is 67.9 cm³/mol. The Morgan fingerprint density at radius 2 is 2.00 bits per heavy atom. The van der Waals surface area contributed by atoms with Gasteiger partial charge in [-0.05, 0) is 12.1 Å². The minimum atomic E-state index is 0.329. The molecule has 0 aliphatic heterocycles. The number of ether oxygens (including phenoxy) is 1. The van der Waals surface area contributed by atoms with Crippen LogP contribution < -0.4 is 10.5 Å². The monoisotopic (exact) mass is 220 g/mol. The molecule has 1 aromatic rings. The minimum absolute atomic E-state index is 0.329. The summed E-state index contributed by atoms with van der Waals surface area (Å²) >= 11 is 0.